The van der Waals surface area contributed by atoms with Gasteiger partial charge in [-0.15, -0.1) is 0 Å². The molecule has 12 rings (SSSR count). The van der Waals surface area contributed by atoms with Crippen LogP contribution < -0.4 is 4.90 Å². The summed E-state index contributed by atoms with van der Waals surface area (Å²) in [5, 5.41) is 6.03. The number of para-hydroxylation sites is 2. The lowest BCUT2D eigenvalue weighted by atomic mass is 9.65. The van der Waals surface area contributed by atoms with E-state index in [1.54, 1.807) is 0 Å². The fourth-order valence-electron chi connectivity index (χ4n) is 10.2. The predicted molar refractivity (Wildman–Crippen MR) is 255 cm³/mol. The molecule has 8 aromatic carbocycles. The molecular formula is C57H42N4. The maximum absolute atomic E-state index is 5.17. The van der Waals surface area contributed by atoms with E-state index >= 15 is 0 Å². The maximum Gasteiger partial charge on any atom is 0.160 e. The molecule has 3 heterocycles. The molecule has 2 unspecified atom stereocenters. The molecule has 2 aliphatic rings. The molecule has 0 N–H and O–H groups in total. The lowest BCUT2D eigenvalue weighted by molar-refractivity contribution is 0.332. The number of aromatic nitrogens is 3. The van der Waals surface area contributed by atoms with Crippen LogP contribution in [0.25, 0.3) is 82.9 Å². The average molecular weight is 783 g/mol. The first-order valence-electron chi connectivity index (χ1n) is 21.2. The third-order valence-corrected chi connectivity index (χ3v) is 13.2. The zero-order valence-electron chi connectivity index (χ0n) is 34.1. The van der Waals surface area contributed by atoms with Crippen molar-refractivity contribution in [2.75, 3.05) is 4.90 Å². The quantitative estimate of drug-likeness (QED) is 0.174. The first-order valence-corrected chi connectivity index (χ1v) is 21.2. The van der Waals surface area contributed by atoms with E-state index in [-0.39, 0.29) is 11.5 Å². The van der Waals surface area contributed by atoms with Crippen LogP contribution >= 0.6 is 0 Å². The van der Waals surface area contributed by atoms with Crippen molar-refractivity contribution >= 4 is 54.9 Å². The van der Waals surface area contributed by atoms with Crippen molar-refractivity contribution in [3.8, 4) is 39.5 Å². The summed E-state index contributed by atoms with van der Waals surface area (Å²) in [6, 6.07) is 66.0. The molecule has 4 nitrogen and oxygen atoms in total. The van der Waals surface area contributed by atoms with Gasteiger partial charge in [0.2, 0.25) is 0 Å². The second kappa shape index (κ2) is 13.8. The minimum absolute atomic E-state index is 0.0460. The molecule has 61 heavy (non-hydrogen) atoms. The normalized spacial score (nSPS) is 16.7. The minimum atomic E-state index is -0.0460. The fraction of sp³-hybridized carbons (Fsp3) is 0.0877. The molecule has 0 fully saturated rings. The average Bonchev–Trinajstić information content (AvgIpc) is 3.66. The van der Waals surface area contributed by atoms with Crippen LogP contribution in [0.1, 0.15) is 19.4 Å². The van der Waals surface area contributed by atoms with Gasteiger partial charge in [0.1, 0.15) is 0 Å². The van der Waals surface area contributed by atoms with Gasteiger partial charge in [0, 0.05) is 55.7 Å². The Bertz CT molecular complexity index is 3390. The Hall–Kier alpha value is -7.56. The standard InChI is InChI=1S/C57H42N4/c1-57(2)47-22-12-14-24-50(47)60(42-18-7-4-8-19-42)53-36-41(28-33-48(53)57)40-27-32-46-52(35-40)61(51-34-29-37-15-9-10-20-44(37)54(46)51)43-30-25-39(26-31-43)56-58-49-23-13-11-21-45(49)55(59-56)38-16-5-3-6-17-38/h3-36,47,50H,1-2H3. The molecule has 0 radical (unpaired) electrons. The Kier molecular flexibility index (Phi) is 7.98. The van der Waals surface area contributed by atoms with E-state index in [0.29, 0.717) is 11.7 Å². The zero-order chi connectivity index (χ0) is 40.7. The van der Waals surface area contributed by atoms with Gasteiger partial charge in [0.05, 0.1) is 28.3 Å². The number of nitrogens with zero attached hydrogens (tertiary/aromatic N) is 4. The first kappa shape index (κ1) is 35.4. The molecule has 10 aromatic rings. The third-order valence-electron chi connectivity index (χ3n) is 13.2. The van der Waals surface area contributed by atoms with E-state index < -0.39 is 0 Å². The monoisotopic (exact) mass is 782 g/mol. The maximum atomic E-state index is 5.17. The van der Waals surface area contributed by atoms with Gasteiger partial charge in [-0.2, -0.15) is 0 Å². The largest absolute Gasteiger partial charge is 0.334 e. The molecule has 290 valence electrons. The van der Waals surface area contributed by atoms with Crippen molar-refractivity contribution in [1.82, 2.24) is 14.5 Å². The number of allylic oxidation sites excluding steroid dienone is 2. The Labute approximate surface area is 355 Å². The summed E-state index contributed by atoms with van der Waals surface area (Å²) in [7, 11) is 0. The van der Waals surface area contributed by atoms with Crippen LogP contribution in [0.15, 0.2) is 206 Å². The lowest BCUT2D eigenvalue weighted by Crippen LogP contribution is -2.49. The molecule has 0 spiro atoms. The van der Waals surface area contributed by atoms with Crippen LogP contribution in [0.5, 0.6) is 0 Å². The first-order chi connectivity index (χ1) is 30.0. The van der Waals surface area contributed by atoms with Crippen LogP contribution in [0.4, 0.5) is 11.4 Å². The van der Waals surface area contributed by atoms with Gasteiger partial charge in [-0.05, 0) is 88.1 Å². The van der Waals surface area contributed by atoms with Gasteiger partial charge in [0.15, 0.2) is 5.82 Å². The highest BCUT2D eigenvalue weighted by Crippen LogP contribution is 2.52. The smallest absolute Gasteiger partial charge is 0.160 e. The van der Waals surface area contributed by atoms with Crippen LogP contribution in [0, 0.1) is 5.92 Å². The molecular weight excluding hydrogens is 741 g/mol. The van der Waals surface area contributed by atoms with Crippen molar-refractivity contribution in [3.05, 3.63) is 212 Å². The summed E-state index contributed by atoms with van der Waals surface area (Å²) in [5.74, 6) is 1.06. The Morgan fingerprint density at radius 1 is 0.492 bits per heavy atom. The number of anilines is 2. The highest BCUT2D eigenvalue weighted by molar-refractivity contribution is 6.21. The van der Waals surface area contributed by atoms with E-state index in [1.165, 1.54) is 60.6 Å². The lowest BCUT2D eigenvalue weighted by Gasteiger charge is -2.51. The van der Waals surface area contributed by atoms with Gasteiger partial charge in [-0.25, -0.2) is 9.97 Å². The van der Waals surface area contributed by atoms with E-state index in [9.17, 15) is 0 Å². The molecule has 0 saturated heterocycles. The van der Waals surface area contributed by atoms with E-state index in [4.69, 9.17) is 9.97 Å². The molecule has 4 heteroatoms. The van der Waals surface area contributed by atoms with Gasteiger partial charge < -0.3 is 9.47 Å². The molecule has 1 aliphatic carbocycles. The Morgan fingerprint density at radius 2 is 1.18 bits per heavy atom. The van der Waals surface area contributed by atoms with Crippen LogP contribution in [-0.2, 0) is 5.41 Å². The summed E-state index contributed by atoms with van der Waals surface area (Å²) in [6.45, 7) is 4.81. The molecule has 1 aliphatic heterocycles. The Morgan fingerprint density at radius 3 is 2.02 bits per heavy atom. The van der Waals surface area contributed by atoms with Gasteiger partial charge in [0.25, 0.3) is 0 Å². The molecule has 2 aromatic heterocycles. The molecule has 0 amide bonds. The molecule has 0 saturated carbocycles. The molecule has 0 bridgehead atoms. The van der Waals surface area contributed by atoms with Gasteiger partial charge >= 0.3 is 0 Å². The van der Waals surface area contributed by atoms with E-state index in [1.807, 2.05) is 12.1 Å². The zero-order valence-corrected chi connectivity index (χ0v) is 34.1. The number of fused-ring (bicyclic) bond motifs is 8. The summed E-state index contributed by atoms with van der Waals surface area (Å²) in [4.78, 5) is 12.8. The fourth-order valence-corrected chi connectivity index (χ4v) is 10.2. The van der Waals surface area contributed by atoms with Crippen molar-refractivity contribution in [2.24, 2.45) is 5.92 Å². The SMILES string of the molecule is CC1(C)c2ccc(-c3ccc4c5c6ccccc6ccc5n(-c5ccc(-c6nc(-c7ccccc7)c7ccccc7n6)cc5)c4c3)cc2N(c2ccccc2)C2C=CC=CC21. The van der Waals surface area contributed by atoms with Crippen molar-refractivity contribution in [3.63, 3.8) is 0 Å². The summed E-state index contributed by atoms with van der Waals surface area (Å²) < 4.78 is 2.43. The highest BCUT2D eigenvalue weighted by Gasteiger charge is 2.45. The minimum Gasteiger partial charge on any atom is -0.334 e. The number of benzene rings is 8. The summed E-state index contributed by atoms with van der Waals surface area (Å²) in [5.41, 5.74) is 13.6. The van der Waals surface area contributed by atoms with Crippen molar-refractivity contribution in [2.45, 2.75) is 25.3 Å². The number of hydrogen-bond donors (Lipinski definition) is 0. The van der Waals surface area contributed by atoms with E-state index in [0.717, 1.165) is 33.4 Å². The summed E-state index contributed by atoms with van der Waals surface area (Å²) >= 11 is 0. The second-order valence-corrected chi connectivity index (χ2v) is 17.0. The van der Waals surface area contributed by atoms with Crippen LogP contribution in [0.2, 0.25) is 0 Å². The van der Waals surface area contributed by atoms with Crippen LogP contribution in [0.3, 0.4) is 0 Å². The van der Waals surface area contributed by atoms with E-state index in [2.05, 4.69) is 217 Å². The van der Waals surface area contributed by atoms with Crippen molar-refractivity contribution in [1.29, 1.82) is 0 Å². The van der Waals surface area contributed by atoms with Crippen molar-refractivity contribution < 1.29 is 0 Å². The Balaban J connectivity index is 1.02. The second-order valence-electron chi connectivity index (χ2n) is 17.0. The predicted octanol–water partition coefficient (Wildman–Crippen LogP) is 14.4. The van der Waals surface area contributed by atoms with Crippen LogP contribution in [-0.4, -0.2) is 20.6 Å². The van der Waals surface area contributed by atoms with Gasteiger partial charge in [-0.1, -0.05) is 159 Å². The third kappa shape index (κ3) is 5.59. The number of rotatable bonds is 5. The molecule has 2 atom stereocenters. The number of hydrogen-bond acceptors (Lipinski definition) is 3. The van der Waals surface area contributed by atoms with Gasteiger partial charge in [-0.3, -0.25) is 0 Å². The highest BCUT2D eigenvalue weighted by atomic mass is 15.2. The topological polar surface area (TPSA) is 34.0 Å². The summed E-state index contributed by atoms with van der Waals surface area (Å²) in [6.07, 6.45) is 9.21.